The number of amides is 2. The van der Waals surface area contributed by atoms with E-state index in [2.05, 4.69) is 15.3 Å². The lowest BCUT2D eigenvalue weighted by Crippen LogP contribution is -2.31. The molecule has 2 heterocycles. The third-order valence-electron chi connectivity index (χ3n) is 6.84. The van der Waals surface area contributed by atoms with Gasteiger partial charge in [-0.2, -0.15) is 0 Å². The van der Waals surface area contributed by atoms with E-state index in [1.54, 1.807) is 91.0 Å². The third-order valence-corrected chi connectivity index (χ3v) is 8.34. The number of carboxylic acid groups (broad SMARTS) is 1. The molecule has 4 aromatic carbocycles. The zero-order chi connectivity index (χ0) is 31.5. The Kier molecular flexibility index (Phi) is 8.66. The van der Waals surface area contributed by atoms with Crippen LogP contribution < -0.4 is 10.2 Å². The lowest BCUT2D eigenvalue weighted by atomic mass is 10.0. The van der Waals surface area contributed by atoms with Crippen molar-refractivity contribution in [1.29, 1.82) is 0 Å². The first-order chi connectivity index (χ1) is 21.8. The highest BCUT2D eigenvalue weighted by molar-refractivity contribution is 8.14. The summed E-state index contributed by atoms with van der Waals surface area (Å²) in [5.74, 6) is -1.70. The molecule has 0 saturated heterocycles. The van der Waals surface area contributed by atoms with Crippen LogP contribution in [0.15, 0.2) is 114 Å². The number of nitrogens with one attached hydrogen (secondary N) is 1. The number of nitrogens with zero attached hydrogens (tertiary/aromatic N) is 3. The Morgan fingerprint density at radius 2 is 1.64 bits per heavy atom. The molecule has 0 unspecified atom stereocenters. The first-order valence-electron chi connectivity index (χ1n) is 13.6. The number of thioether (sulfide) groups is 1. The van der Waals surface area contributed by atoms with E-state index in [1.165, 1.54) is 4.90 Å². The molecular weight excluding hydrogens is 631 g/mol. The first-order valence-corrected chi connectivity index (χ1v) is 15.3. The van der Waals surface area contributed by atoms with E-state index in [0.29, 0.717) is 54.3 Å². The van der Waals surface area contributed by atoms with Crippen LogP contribution in [0.4, 0.5) is 11.4 Å². The van der Waals surface area contributed by atoms with Crippen molar-refractivity contribution in [3.63, 3.8) is 0 Å². The molecule has 0 radical (unpaired) electrons. The van der Waals surface area contributed by atoms with Crippen molar-refractivity contribution in [2.75, 3.05) is 16.0 Å². The number of anilines is 2. The number of hydrogen-bond donors (Lipinski definition) is 2. The fraction of sp³-hybridized carbons (Fsp3) is 0.0294. The van der Waals surface area contributed by atoms with Crippen LogP contribution in [-0.2, 0) is 9.59 Å². The van der Waals surface area contributed by atoms with Crippen LogP contribution in [-0.4, -0.2) is 38.8 Å². The molecule has 0 bridgehead atoms. The molecule has 45 heavy (non-hydrogen) atoms. The zero-order valence-electron chi connectivity index (χ0n) is 23.3. The van der Waals surface area contributed by atoms with E-state index < -0.39 is 5.97 Å². The Balaban J connectivity index is 1.18. The summed E-state index contributed by atoms with van der Waals surface area (Å²) < 4.78 is 0. The number of carbonyl (C=O) groups is 3. The maximum Gasteiger partial charge on any atom is 0.336 e. The van der Waals surface area contributed by atoms with Crippen molar-refractivity contribution in [2.45, 2.75) is 0 Å². The second-order valence-electron chi connectivity index (χ2n) is 9.86. The van der Waals surface area contributed by atoms with Gasteiger partial charge >= 0.3 is 5.97 Å². The number of para-hydroxylation sites is 2. The van der Waals surface area contributed by atoms with Crippen LogP contribution in [0.1, 0.15) is 15.9 Å². The zero-order valence-corrected chi connectivity index (χ0v) is 25.6. The summed E-state index contributed by atoms with van der Waals surface area (Å²) in [4.78, 5) is 48.9. The van der Waals surface area contributed by atoms with Crippen LogP contribution in [0.5, 0.6) is 0 Å². The molecule has 1 aromatic heterocycles. The van der Waals surface area contributed by atoms with Crippen LogP contribution in [0.2, 0.25) is 10.0 Å². The molecule has 6 rings (SSSR count). The number of aliphatic imine (C=N–C) groups is 1. The molecule has 2 amide bonds. The van der Waals surface area contributed by atoms with Crippen molar-refractivity contribution < 1.29 is 19.5 Å². The number of carboxylic acids is 1. The quantitative estimate of drug-likeness (QED) is 0.172. The normalized spacial score (nSPS) is 13.7. The molecule has 2 N–H and O–H groups in total. The van der Waals surface area contributed by atoms with Crippen molar-refractivity contribution in [1.82, 2.24) is 4.98 Å². The Morgan fingerprint density at radius 3 is 2.38 bits per heavy atom. The van der Waals surface area contributed by atoms with Crippen molar-refractivity contribution >= 4 is 86.3 Å². The second kappa shape index (κ2) is 13.0. The van der Waals surface area contributed by atoms with Gasteiger partial charge in [-0.05, 0) is 60.2 Å². The summed E-state index contributed by atoms with van der Waals surface area (Å²) in [5.41, 5.74) is 3.88. The van der Waals surface area contributed by atoms with Gasteiger partial charge in [-0.15, -0.1) is 0 Å². The van der Waals surface area contributed by atoms with Gasteiger partial charge in [0.1, 0.15) is 5.70 Å². The standard InChI is InChI=1S/C34H22Cl2N4O4S/c35-22-13-10-21(27(36)17-22)16-30-32(42)40(24-6-2-1-3-7-24)34(39-30)45-19-31(41)37-23-14-11-20(12-15-23)29-18-26(33(43)44)25-8-4-5-9-28(25)38-29/h1-18H,19H2,(H,37,41)(H,43,44)/b30-16-. The fourth-order valence-electron chi connectivity index (χ4n) is 4.72. The summed E-state index contributed by atoms with van der Waals surface area (Å²) in [6, 6.07) is 29.6. The Morgan fingerprint density at radius 1 is 0.911 bits per heavy atom. The summed E-state index contributed by atoms with van der Waals surface area (Å²) in [5, 5.41) is 14.3. The third kappa shape index (κ3) is 6.61. The van der Waals surface area contributed by atoms with Crippen molar-refractivity contribution in [3.8, 4) is 11.3 Å². The van der Waals surface area contributed by atoms with Gasteiger partial charge in [-0.3, -0.25) is 14.5 Å². The highest BCUT2D eigenvalue weighted by atomic mass is 35.5. The summed E-state index contributed by atoms with van der Waals surface area (Å²) in [7, 11) is 0. The topological polar surface area (TPSA) is 112 Å². The van der Waals surface area contributed by atoms with Gasteiger partial charge in [-0.1, -0.05) is 89.6 Å². The van der Waals surface area contributed by atoms with Gasteiger partial charge in [0.15, 0.2) is 5.17 Å². The minimum atomic E-state index is -1.04. The molecule has 0 fully saturated rings. The molecule has 8 nitrogen and oxygen atoms in total. The molecule has 222 valence electrons. The first kappa shape index (κ1) is 30.1. The minimum absolute atomic E-state index is 0.0135. The van der Waals surface area contributed by atoms with E-state index in [1.807, 2.05) is 18.2 Å². The molecule has 0 aliphatic carbocycles. The lowest BCUT2D eigenvalue weighted by Gasteiger charge is -2.17. The molecule has 0 saturated carbocycles. The van der Waals surface area contributed by atoms with E-state index in [0.717, 1.165) is 11.8 Å². The largest absolute Gasteiger partial charge is 0.478 e. The number of hydrogen-bond acceptors (Lipinski definition) is 6. The number of halogens is 2. The van der Waals surface area contributed by atoms with Crippen LogP contribution in [0, 0.1) is 0 Å². The predicted molar refractivity (Wildman–Crippen MR) is 181 cm³/mol. The monoisotopic (exact) mass is 652 g/mol. The maximum absolute atomic E-state index is 13.4. The number of pyridine rings is 1. The van der Waals surface area contributed by atoms with Gasteiger partial charge in [0.25, 0.3) is 5.91 Å². The lowest BCUT2D eigenvalue weighted by molar-refractivity contribution is -0.114. The van der Waals surface area contributed by atoms with Crippen molar-refractivity contribution in [3.05, 3.63) is 130 Å². The number of benzene rings is 4. The Labute approximate surface area is 272 Å². The molecule has 0 atom stereocenters. The van der Waals surface area contributed by atoms with Gasteiger partial charge in [-0.25, -0.2) is 14.8 Å². The van der Waals surface area contributed by atoms with E-state index in [4.69, 9.17) is 23.2 Å². The van der Waals surface area contributed by atoms with Crippen LogP contribution in [0.3, 0.4) is 0 Å². The number of rotatable bonds is 7. The number of aromatic nitrogens is 1. The summed E-state index contributed by atoms with van der Waals surface area (Å²) >= 11 is 13.5. The Bertz CT molecular complexity index is 2030. The van der Waals surface area contributed by atoms with Crippen LogP contribution >= 0.6 is 35.0 Å². The number of carbonyl (C=O) groups excluding carboxylic acids is 2. The van der Waals surface area contributed by atoms with Gasteiger partial charge in [0.05, 0.1) is 28.2 Å². The van der Waals surface area contributed by atoms with E-state index in [-0.39, 0.29) is 28.8 Å². The van der Waals surface area contributed by atoms with Gasteiger partial charge in [0.2, 0.25) is 5.91 Å². The molecule has 5 aromatic rings. The molecule has 11 heteroatoms. The highest BCUT2D eigenvalue weighted by Crippen LogP contribution is 2.31. The van der Waals surface area contributed by atoms with Gasteiger partial charge < -0.3 is 10.4 Å². The minimum Gasteiger partial charge on any atom is -0.478 e. The Hall–Kier alpha value is -4.96. The average Bonchev–Trinajstić information content (AvgIpc) is 3.35. The maximum atomic E-state index is 13.4. The molecule has 1 aliphatic rings. The fourth-order valence-corrected chi connectivity index (χ4v) is 5.99. The van der Waals surface area contributed by atoms with Crippen LogP contribution in [0.25, 0.3) is 28.2 Å². The number of amidine groups is 1. The average molecular weight is 654 g/mol. The van der Waals surface area contributed by atoms with E-state index in [9.17, 15) is 19.5 Å². The number of aromatic carboxylic acids is 1. The molecule has 1 aliphatic heterocycles. The molecular formula is C34H22Cl2N4O4S. The molecule has 0 spiro atoms. The smallest absolute Gasteiger partial charge is 0.336 e. The SMILES string of the molecule is O=C(CSC1=N/C(=C\c2ccc(Cl)cc2Cl)C(=O)N1c1ccccc1)Nc1ccc(-c2cc(C(=O)O)c3ccccc3n2)cc1. The van der Waals surface area contributed by atoms with E-state index >= 15 is 0 Å². The number of fused-ring (bicyclic) bond motifs is 1. The second-order valence-corrected chi connectivity index (χ2v) is 11.6. The van der Waals surface area contributed by atoms with Gasteiger partial charge in [0, 0.05) is 26.7 Å². The summed E-state index contributed by atoms with van der Waals surface area (Å²) in [6.07, 6.45) is 1.59. The van der Waals surface area contributed by atoms with Crippen molar-refractivity contribution in [2.24, 2.45) is 4.99 Å². The summed E-state index contributed by atoms with van der Waals surface area (Å²) in [6.45, 7) is 0. The predicted octanol–water partition coefficient (Wildman–Crippen LogP) is 8.02. The highest BCUT2D eigenvalue weighted by Gasteiger charge is 2.32.